The van der Waals surface area contributed by atoms with Gasteiger partial charge in [0.05, 0.1) is 24.5 Å². The molecule has 0 amide bonds. The summed E-state index contributed by atoms with van der Waals surface area (Å²) in [6.07, 6.45) is -0.367. The second-order valence-electron chi connectivity index (χ2n) is 4.40. The highest BCUT2D eigenvalue weighted by molar-refractivity contribution is 5.78. The molecule has 1 aliphatic rings. The van der Waals surface area contributed by atoms with Crippen LogP contribution in [-0.2, 0) is 9.59 Å². The number of aliphatic hydroxyl groups is 2. The van der Waals surface area contributed by atoms with Crippen molar-refractivity contribution >= 4 is 11.9 Å². The van der Waals surface area contributed by atoms with Crippen LogP contribution in [0.25, 0.3) is 0 Å². The van der Waals surface area contributed by atoms with Crippen LogP contribution in [0.3, 0.4) is 0 Å². The van der Waals surface area contributed by atoms with Gasteiger partial charge in [0.15, 0.2) is 0 Å². The van der Waals surface area contributed by atoms with E-state index >= 15 is 0 Å². The molecule has 1 aliphatic carbocycles. The predicted octanol–water partition coefficient (Wildman–Crippen LogP) is -0.315. The molecule has 1 rings (SSSR count). The highest BCUT2D eigenvalue weighted by Crippen LogP contribution is 2.51. The quantitative estimate of drug-likeness (QED) is 0.478. The second-order valence-corrected chi connectivity index (χ2v) is 4.40. The van der Waals surface area contributed by atoms with Gasteiger partial charge in [0, 0.05) is 0 Å². The molecular formula is C10H16O6. The van der Waals surface area contributed by atoms with E-state index in [1.54, 1.807) is 0 Å². The van der Waals surface area contributed by atoms with Crippen molar-refractivity contribution in [1.29, 1.82) is 0 Å². The Morgan fingerprint density at radius 2 is 1.81 bits per heavy atom. The number of rotatable bonds is 7. The lowest BCUT2D eigenvalue weighted by molar-refractivity contribution is -0.146. The van der Waals surface area contributed by atoms with Gasteiger partial charge in [-0.3, -0.25) is 9.59 Å². The topological polar surface area (TPSA) is 115 Å². The minimum absolute atomic E-state index is 0.108. The molecule has 16 heavy (non-hydrogen) atoms. The fraction of sp³-hybridized carbons (Fsp3) is 0.800. The monoisotopic (exact) mass is 232 g/mol. The van der Waals surface area contributed by atoms with Crippen LogP contribution < -0.4 is 0 Å². The van der Waals surface area contributed by atoms with E-state index in [0.29, 0.717) is 12.8 Å². The van der Waals surface area contributed by atoms with Gasteiger partial charge in [-0.2, -0.15) is 0 Å². The molecule has 4 N–H and O–H groups in total. The SMILES string of the molecule is O=C(O)CC(CC1(C(=O)O)CC1)C(O)CO. The van der Waals surface area contributed by atoms with Crippen molar-refractivity contribution < 1.29 is 30.0 Å². The van der Waals surface area contributed by atoms with E-state index in [1.165, 1.54) is 0 Å². The van der Waals surface area contributed by atoms with Gasteiger partial charge in [-0.15, -0.1) is 0 Å². The molecule has 0 aromatic heterocycles. The first-order valence-corrected chi connectivity index (χ1v) is 5.15. The predicted molar refractivity (Wildman–Crippen MR) is 52.8 cm³/mol. The molecule has 6 nitrogen and oxygen atoms in total. The summed E-state index contributed by atoms with van der Waals surface area (Å²) in [5, 5.41) is 35.8. The third kappa shape index (κ3) is 2.93. The Morgan fingerprint density at radius 3 is 2.12 bits per heavy atom. The molecule has 0 aliphatic heterocycles. The molecule has 1 saturated carbocycles. The summed E-state index contributed by atoms with van der Waals surface area (Å²) in [5.41, 5.74) is -0.879. The molecule has 1 fully saturated rings. The van der Waals surface area contributed by atoms with E-state index in [-0.39, 0.29) is 12.8 Å². The first-order valence-electron chi connectivity index (χ1n) is 5.15. The van der Waals surface area contributed by atoms with E-state index in [0.717, 1.165) is 0 Å². The molecule has 0 heterocycles. The maximum atomic E-state index is 10.9. The fourth-order valence-electron chi connectivity index (χ4n) is 1.88. The Bertz CT molecular complexity index is 283. The highest BCUT2D eigenvalue weighted by Gasteiger charge is 2.52. The zero-order valence-electron chi connectivity index (χ0n) is 8.80. The number of aliphatic carboxylic acids is 2. The zero-order valence-corrected chi connectivity index (χ0v) is 8.80. The molecule has 0 saturated heterocycles. The van der Waals surface area contributed by atoms with Crippen molar-refractivity contribution in [1.82, 2.24) is 0 Å². The lowest BCUT2D eigenvalue weighted by Crippen LogP contribution is -2.31. The van der Waals surface area contributed by atoms with Gasteiger partial charge < -0.3 is 20.4 Å². The maximum Gasteiger partial charge on any atom is 0.309 e. The minimum Gasteiger partial charge on any atom is -0.481 e. The van der Waals surface area contributed by atoms with Crippen molar-refractivity contribution in [3.8, 4) is 0 Å². The molecule has 92 valence electrons. The molecule has 0 bridgehead atoms. The number of carbonyl (C=O) groups is 2. The Morgan fingerprint density at radius 1 is 1.25 bits per heavy atom. The van der Waals surface area contributed by atoms with Crippen LogP contribution in [0.2, 0.25) is 0 Å². The van der Waals surface area contributed by atoms with Crippen molar-refractivity contribution in [3.05, 3.63) is 0 Å². The van der Waals surface area contributed by atoms with Crippen molar-refractivity contribution in [2.45, 2.75) is 31.8 Å². The second kappa shape index (κ2) is 4.80. The summed E-state index contributed by atoms with van der Waals surface area (Å²) in [6.45, 7) is -0.548. The van der Waals surface area contributed by atoms with E-state index in [2.05, 4.69) is 0 Å². The van der Waals surface area contributed by atoms with Crippen molar-refractivity contribution in [3.63, 3.8) is 0 Å². The third-order valence-corrected chi connectivity index (χ3v) is 3.13. The highest BCUT2D eigenvalue weighted by atomic mass is 16.4. The number of hydrogen-bond acceptors (Lipinski definition) is 4. The lowest BCUT2D eigenvalue weighted by Gasteiger charge is -2.22. The number of carboxylic acid groups (broad SMARTS) is 2. The smallest absolute Gasteiger partial charge is 0.309 e. The van der Waals surface area contributed by atoms with Gasteiger partial charge >= 0.3 is 11.9 Å². The van der Waals surface area contributed by atoms with Crippen LogP contribution >= 0.6 is 0 Å². The van der Waals surface area contributed by atoms with Gasteiger partial charge in [-0.05, 0) is 25.2 Å². The van der Waals surface area contributed by atoms with Crippen molar-refractivity contribution in [2.24, 2.45) is 11.3 Å². The Labute approximate surface area is 92.5 Å². The van der Waals surface area contributed by atoms with Gasteiger partial charge in [-0.25, -0.2) is 0 Å². The standard InChI is InChI=1S/C10H16O6/c11-5-7(12)6(3-8(13)14)4-10(1-2-10)9(15)16/h6-7,11-12H,1-5H2,(H,13,14)(H,15,16). The number of aliphatic hydroxyl groups excluding tert-OH is 2. The van der Waals surface area contributed by atoms with Gasteiger partial charge in [-0.1, -0.05) is 0 Å². The largest absolute Gasteiger partial charge is 0.481 e. The van der Waals surface area contributed by atoms with Gasteiger partial charge in [0.2, 0.25) is 0 Å². The van der Waals surface area contributed by atoms with Crippen LogP contribution in [0.1, 0.15) is 25.7 Å². The zero-order chi connectivity index (χ0) is 12.3. The van der Waals surface area contributed by atoms with Gasteiger partial charge in [0.25, 0.3) is 0 Å². The number of hydrogen-bond donors (Lipinski definition) is 4. The Kier molecular flexibility index (Phi) is 3.88. The molecular weight excluding hydrogens is 216 g/mol. The van der Waals surface area contributed by atoms with Crippen LogP contribution in [0.15, 0.2) is 0 Å². The maximum absolute atomic E-state index is 10.9. The third-order valence-electron chi connectivity index (χ3n) is 3.13. The molecule has 0 radical (unpaired) electrons. The minimum atomic E-state index is -1.17. The average molecular weight is 232 g/mol. The Hall–Kier alpha value is -1.14. The van der Waals surface area contributed by atoms with Crippen LogP contribution in [-0.4, -0.2) is 45.1 Å². The summed E-state index contributed by atoms with van der Waals surface area (Å²) in [6, 6.07) is 0. The summed E-state index contributed by atoms with van der Waals surface area (Å²) in [5.74, 6) is -2.76. The van der Waals surface area contributed by atoms with E-state index in [4.69, 9.17) is 15.3 Å². The fourth-order valence-corrected chi connectivity index (χ4v) is 1.88. The molecule has 6 heteroatoms. The summed E-state index contributed by atoms with van der Waals surface area (Å²) < 4.78 is 0. The van der Waals surface area contributed by atoms with E-state index in [1.807, 2.05) is 0 Å². The summed E-state index contributed by atoms with van der Waals surface area (Å²) in [4.78, 5) is 21.5. The summed E-state index contributed by atoms with van der Waals surface area (Å²) in [7, 11) is 0. The number of carboxylic acids is 2. The van der Waals surface area contributed by atoms with Crippen molar-refractivity contribution in [2.75, 3.05) is 6.61 Å². The van der Waals surface area contributed by atoms with E-state index < -0.39 is 36.0 Å². The average Bonchev–Trinajstić information content (AvgIpc) is 2.96. The lowest BCUT2D eigenvalue weighted by atomic mass is 9.86. The normalized spacial score (nSPS) is 21.1. The first kappa shape index (κ1) is 12.9. The van der Waals surface area contributed by atoms with Gasteiger partial charge in [0.1, 0.15) is 0 Å². The summed E-state index contributed by atoms with van der Waals surface area (Å²) >= 11 is 0. The molecule has 2 atom stereocenters. The molecule has 0 aromatic carbocycles. The molecule has 0 spiro atoms. The van der Waals surface area contributed by atoms with Crippen LogP contribution in [0.5, 0.6) is 0 Å². The van der Waals surface area contributed by atoms with E-state index in [9.17, 15) is 14.7 Å². The van der Waals surface area contributed by atoms with Crippen LogP contribution in [0.4, 0.5) is 0 Å². The Balaban J connectivity index is 2.63. The van der Waals surface area contributed by atoms with Crippen LogP contribution in [0, 0.1) is 11.3 Å². The molecule has 2 unspecified atom stereocenters. The first-order chi connectivity index (χ1) is 7.41. The molecule has 0 aromatic rings.